The van der Waals surface area contributed by atoms with Gasteiger partial charge in [0.15, 0.2) is 0 Å². The van der Waals surface area contributed by atoms with Crippen LogP contribution in [-0.4, -0.2) is 18.5 Å². The molecule has 0 unspecified atom stereocenters. The maximum absolute atomic E-state index is 11.9. The molecule has 2 rings (SSSR count). The molecule has 0 saturated heterocycles. The Labute approximate surface area is 106 Å². The lowest BCUT2D eigenvalue weighted by Crippen LogP contribution is -2.37. The molecule has 1 aromatic rings. The SMILES string of the molecule is C[C@H](CN)NC(=O)c1sccc1C1CC1.Cl. The van der Waals surface area contributed by atoms with Crippen molar-refractivity contribution >= 4 is 29.7 Å². The molecule has 0 aromatic carbocycles. The molecule has 1 heterocycles. The Balaban J connectivity index is 0.00000128. The third-order valence-electron chi connectivity index (χ3n) is 2.65. The highest BCUT2D eigenvalue weighted by Gasteiger charge is 2.29. The summed E-state index contributed by atoms with van der Waals surface area (Å²) in [5.41, 5.74) is 6.70. The van der Waals surface area contributed by atoms with Crippen LogP contribution in [0.15, 0.2) is 11.4 Å². The number of rotatable bonds is 4. The summed E-state index contributed by atoms with van der Waals surface area (Å²) in [6.45, 7) is 2.40. The van der Waals surface area contributed by atoms with Gasteiger partial charge in [-0.3, -0.25) is 4.79 Å². The Kier molecular flexibility index (Phi) is 4.77. The minimum Gasteiger partial charge on any atom is -0.348 e. The van der Waals surface area contributed by atoms with Crippen molar-refractivity contribution in [2.45, 2.75) is 31.7 Å². The van der Waals surface area contributed by atoms with E-state index < -0.39 is 0 Å². The quantitative estimate of drug-likeness (QED) is 0.871. The number of thiophene rings is 1. The fourth-order valence-electron chi connectivity index (χ4n) is 1.57. The molecule has 1 fully saturated rings. The number of halogens is 1. The molecule has 0 radical (unpaired) electrons. The van der Waals surface area contributed by atoms with E-state index in [1.165, 1.54) is 29.7 Å². The minimum atomic E-state index is 0. The van der Waals surface area contributed by atoms with E-state index in [-0.39, 0.29) is 24.4 Å². The summed E-state index contributed by atoms with van der Waals surface area (Å²) in [6, 6.07) is 2.12. The van der Waals surface area contributed by atoms with Crippen LogP contribution < -0.4 is 11.1 Å². The lowest BCUT2D eigenvalue weighted by atomic mass is 10.1. The molecule has 1 atom stereocenters. The number of amides is 1. The van der Waals surface area contributed by atoms with Crippen molar-refractivity contribution in [2.75, 3.05) is 6.54 Å². The smallest absolute Gasteiger partial charge is 0.261 e. The van der Waals surface area contributed by atoms with E-state index in [1.807, 2.05) is 12.3 Å². The lowest BCUT2D eigenvalue weighted by Gasteiger charge is -2.11. The molecule has 5 heteroatoms. The van der Waals surface area contributed by atoms with Crippen LogP contribution in [0.25, 0.3) is 0 Å². The molecular formula is C11H17ClN2OS. The average Bonchev–Trinajstić information content (AvgIpc) is 2.95. The zero-order chi connectivity index (χ0) is 10.8. The van der Waals surface area contributed by atoms with Crippen molar-refractivity contribution in [3.63, 3.8) is 0 Å². The molecule has 1 amide bonds. The van der Waals surface area contributed by atoms with E-state index in [0.717, 1.165) is 4.88 Å². The molecular weight excluding hydrogens is 244 g/mol. The van der Waals surface area contributed by atoms with Gasteiger partial charge in [0.1, 0.15) is 0 Å². The summed E-state index contributed by atoms with van der Waals surface area (Å²) in [4.78, 5) is 12.7. The highest BCUT2D eigenvalue weighted by molar-refractivity contribution is 7.12. The van der Waals surface area contributed by atoms with E-state index in [2.05, 4.69) is 11.4 Å². The van der Waals surface area contributed by atoms with Crippen LogP contribution in [0.1, 0.15) is 40.9 Å². The van der Waals surface area contributed by atoms with Crippen LogP contribution in [0.4, 0.5) is 0 Å². The van der Waals surface area contributed by atoms with Gasteiger partial charge in [0, 0.05) is 12.6 Å². The lowest BCUT2D eigenvalue weighted by molar-refractivity contribution is 0.0944. The number of nitrogens with one attached hydrogen (secondary N) is 1. The van der Waals surface area contributed by atoms with Crippen molar-refractivity contribution in [3.8, 4) is 0 Å². The highest BCUT2D eigenvalue weighted by atomic mass is 35.5. The second-order valence-electron chi connectivity index (χ2n) is 4.09. The van der Waals surface area contributed by atoms with Gasteiger partial charge in [-0.2, -0.15) is 0 Å². The van der Waals surface area contributed by atoms with Crippen molar-refractivity contribution in [1.29, 1.82) is 0 Å². The van der Waals surface area contributed by atoms with Gasteiger partial charge in [-0.15, -0.1) is 23.7 Å². The summed E-state index contributed by atoms with van der Waals surface area (Å²) >= 11 is 1.53. The molecule has 3 N–H and O–H groups in total. The van der Waals surface area contributed by atoms with Gasteiger partial charge in [-0.05, 0) is 42.7 Å². The first-order valence-corrected chi connectivity index (χ1v) is 6.18. The van der Waals surface area contributed by atoms with Gasteiger partial charge in [0.2, 0.25) is 0 Å². The van der Waals surface area contributed by atoms with Crippen molar-refractivity contribution in [2.24, 2.45) is 5.73 Å². The maximum atomic E-state index is 11.9. The number of nitrogens with two attached hydrogens (primary N) is 1. The Hall–Kier alpha value is -0.580. The van der Waals surface area contributed by atoms with E-state index in [1.54, 1.807) is 0 Å². The van der Waals surface area contributed by atoms with Gasteiger partial charge in [-0.25, -0.2) is 0 Å². The highest BCUT2D eigenvalue weighted by Crippen LogP contribution is 2.43. The maximum Gasteiger partial charge on any atom is 0.261 e. The summed E-state index contributed by atoms with van der Waals surface area (Å²) in [5.74, 6) is 0.662. The van der Waals surface area contributed by atoms with Crippen LogP contribution in [0.2, 0.25) is 0 Å². The number of carbonyl (C=O) groups is 1. The molecule has 0 spiro atoms. The largest absolute Gasteiger partial charge is 0.348 e. The van der Waals surface area contributed by atoms with Gasteiger partial charge in [0.25, 0.3) is 5.91 Å². The Morgan fingerprint density at radius 1 is 1.69 bits per heavy atom. The minimum absolute atomic E-state index is 0. The van der Waals surface area contributed by atoms with E-state index in [4.69, 9.17) is 5.73 Å². The molecule has 1 aliphatic rings. The topological polar surface area (TPSA) is 55.1 Å². The summed E-state index contributed by atoms with van der Waals surface area (Å²) in [7, 11) is 0. The molecule has 1 aromatic heterocycles. The Morgan fingerprint density at radius 2 is 2.38 bits per heavy atom. The molecule has 0 bridgehead atoms. The first-order valence-electron chi connectivity index (χ1n) is 5.30. The average molecular weight is 261 g/mol. The first kappa shape index (κ1) is 13.5. The van der Waals surface area contributed by atoms with Crippen LogP contribution in [0, 0.1) is 0 Å². The summed E-state index contributed by atoms with van der Waals surface area (Å²) < 4.78 is 0. The Bertz CT molecular complexity index is 363. The predicted octanol–water partition coefficient (Wildman–Crippen LogP) is 2.12. The molecule has 90 valence electrons. The number of hydrogen-bond donors (Lipinski definition) is 2. The number of carbonyl (C=O) groups excluding carboxylic acids is 1. The van der Waals surface area contributed by atoms with Crippen LogP contribution >= 0.6 is 23.7 Å². The van der Waals surface area contributed by atoms with Crippen LogP contribution in [0.5, 0.6) is 0 Å². The standard InChI is InChI=1S/C11H16N2OS.ClH/c1-7(6-12)13-11(14)10-9(4-5-15-10)8-2-3-8;/h4-5,7-8H,2-3,6,12H2,1H3,(H,13,14);1H/t7-;/m1./s1. The van der Waals surface area contributed by atoms with Crippen molar-refractivity contribution in [3.05, 3.63) is 21.9 Å². The third kappa shape index (κ3) is 2.97. The van der Waals surface area contributed by atoms with Gasteiger partial charge < -0.3 is 11.1 Å². The van der Waals surface area contributed by atoms with E-state index >= 15 is 0 Å². The third-order valence-corrected chi connectivity index (χ3v) is 3.58. The molecule has 1 aliphatic carbocycles. The molecule has 0 aliphatic heterocycles. The van der Waals surface area contributed by atoms with Gasteiger partial charge >= 0.3 is 0 Å². The summed E-state index contributed by atoms with van der Waals surface area (Å²) in [5, 5.41) is 4.90. The van der Waals surface area contributed by atoms with Crippen LogP contribution in [-0.2, 0) is 0 Å². The van der Waals surface area contributed by atoms with E-state index in [0.29, 0.717) is 12.5 Å². The fourth-order valence-corrected chi connectivity index (χ4v) is 2.46. The predicted molar refractivity (Wildman–Crippen MR) is 69.5 cm³/mol. The Morgan fingerprint density at radius 3 is 2.94 bits per heavy atom. The zero-order valence-electron chi connectivity index (χ0n) is 9.23. The van der Waals surface area contributed by atoms with Crippen LogP contribution in [0.3, 0.4) is 0 Å². The monoisotopic (exact) mass is 260 g/mol. The molecule has 1 saturated carbocycles. The first-order chi connectivity index (χ1) is 7.22. The fraction of sp³-hybridized carbons (Fsp3) is 0.545. The second-order valence-corrected chi connectivity index (χ2v) is 5.01. The second kappa shape index (κ2) is 5.66. The van der Waals surface area contributed by atoms with Gasteiger partial charge in [0.05, 0.1) is 4.88 Å². The van der Waals surface area contributed by atoms with E-state index in [9.17, 15) is 4.79 Å². The number of hydrogen-bond acceptors (Lipinski definition) is 3. The zero-order valence-corrected chi connectivity index (χ0v) is 10.9. The summed E-state index contributed by atoms with van der Waals surface area (Å²) in [6.07, 6.45) is 2.45. The van der Waals surface area contributed by atoms with Crippen molar-refractivity contribution < 1.29 is 4.79 Å². The van der Waals surface area contributed by atoms with Crippen molar-refractivity contribution in [1.82, 2.24) is 5.32 Å². The molecule has 3 nitrogen and oxygen atoms in total. The molecule has 16 heavy (non-hydrogen) atoms. The normalized spacial score (nSPS) is 16.4. The van der Waals surface area contributed by atoms with Gasteiger partial charge in [-0.1, -0.05) is 0 Å².